The van der Waals surface area contributed by atoms with Gasteiger partial charge in [0.1, 0.15) is 0 Å². The molecule has 27 heavy (non-hydrogen) atoms. The molecule has 0 saturated heterocycles. The summed E-state index contributed by atoms with van der Waals surface area (Å²) in [4.78, 5) is 23.2. The number of carbonyl (C=O) groups is 2. The number of fused-ring (bicyclic) bond motifs is 1. The summed E-state index contributed by atoms with van der Waals surface area (Å²) in [7, 11) is -0.601. The Kier molecular flexibility index (Phi) is 5.29. The van der Waals surface area contributed by atoms with E-state index in [9.17, 15) is 18.0 Å². The van der Waals surface area contributed by atoms with E-state index >= 15 is 0 Å². The number of nitrogens with one attached hydrogen (secondary N) is 2. The van der Waals surface area contributed by atoms with Gasteiger partial charge in [-0.15, -0.1) is 0 Å². The van der Waals surface area contributed by atoms with Gasteiger partial charge in [-0.05, 0) is 47.9 Å². The molecule has 0 saturated carbocycles. The Morgan fingerprint density at radius 3 is 2.52 bits per heavy atom. The van der Waals surface area contributed by atoms with Crippen molar-refractivity contribution in [3.8, 4) is 0 Å². The highest BCUT2D eigenvalue weighted by Gasteiger charge is 2.24. The van der Waals surface area contributed by atoms with Crippen LogP contribution >= 0.6 is 0 Å². The third-order valence-corrected chi connectivity index (χ3v) is 6.33. The monoisotopic (exact) mass is 387 g/mol. The second-order valence-electron chi connectivity index (χ2n) is 6.40. The van der Waals surface area contributed by atoms with E-state index in [0.717, 1.165) is 11.1 Å². The van der Waals surface area contributed by atoms with Crippen molar-refractivity contribution in [2.24, 2.45) is 0 Å². The molecule has 142 valence electrons. The Morgan fingerprint density at radius 2 is 1.85 bits per heavy atom. The van der Waals surface area contributed by atoms with Crippen LogP contribution in [0.2, 0.25) is 0 Å². The normalized spacial score (nSPS) is 13.8. The molecule has 0 atom stereocenters. The Labute approximate surface area is 158 Å². The highest BCUT2D eigenvalue weighted by Crippen LogP contribution is 2.27. The van der Waals surface area contributed by atoms with Crippen LogP contribution in [0.1, 0.15) is 27.9 Å². The molecule has 2 amide bonds. The molecule has 0 fully saturated rings. The van der Waals surface area contributed by atoms with E-state index in [0.29, 0.717) is 24.1 Å². The van der Waals surface area contributed by atoms with Crippen LogP contribution in [-0.4, -0.2) is 38.6 Å². The fourth-order valence-electron chi connectivity index (χ4n) is 2.95. The van der Waals surface area contributed by atoms with Crippen molar-refractivity contribution < 1.29 is 18.0 Å². The van der Waals surface area contributed by atoms with Crippen molar-refractivity contribution in [1.29, 1.82) is 0 Å². The van der Waals surface area contributed by atoms with E-state index in [1.165, 1.54) is 17.4 Å². The van der Waals surface area contributed by atoms with Gasteiger partial charge in [-0.3, -0.25) is 9.59 Å². The number of hydrogen-bond acceptors (Lipinski definition) is 4. The SMILES string of the molecule is CNC(=O)c1ccc(CN(C)S(=O)(=O)c2ccc3c(c2)CCC(=O)N3)cc1. The number of anilines is 1. The first-order chi connectivity index (χ1) is 12.8. The number of sulfonamides is 1. The molecule has 3 rings (SSSR count). The molecule has 2 aromatic carbocycles. The summed E-state index contributed by atoms with van der Waals surface area (Å²) in [6.45, 7) is 0.185. The molecule has 0 radical (unpaired) electrons. The zero-order chi connectivity index (χ0) is 19.6. The van der Waals surface area contributed by atoms with Crippen molar-refractivity contribution in [1.82, 2.24) is 9.62 Å². The molecule has 0 unspecified atom stereocenters. The fourth-order valence-corrected chi connectivity index (χ4v) is 4.16. The molecular weight excluding hydrogens is 366 g/mol. The number of carbonyl (C=O) groups excluding carboxylic acids is 2. The average Bonchev–Trinajstić information content (AvgIpc) is 2.67. The highest BCUT2D eigenvalue weighted by molar-refractivity contribution is 7.89. The zero-order valence-electron chi connectivity index (χ0n) is 15.2. The number of aryl methyl sites for hydroxylation is 1. The smallest absolute Gasteiger partial charge is 0.251 e. The summed E-state index contributed by atoms with van der Waals surface area (Å²) in [5.41, 5.74) is 2.78. The Balaban J connectivity index is 1.78. The lowest BCUT2D eigenvalue weighted by Crippen LogP contribution is -2.27. The molecule has 7 nitrogen and oxygen atoms in total. The highest BCUT2D eigenvalue weighted by atomic mass is 32.2. The van der Waals surface area contributed by atoms with E-state index < -0.39 is 10.0 Å². The quantitative estimate of drug-likeness (QED) is 0.817. The van der Waals surface area contributed by atoms with Crippen molar-refractivity contribution in [2.75, 3.05) is 19.4 Å². The minimum Gasteiger partial charge on any atom is -0.355 e. The maximum Gasteiger partial charge on any atom is 0.251 e. The summed E-state index contributed by atoms with van der Waals surface area (Å²) in [6, 6.07) is 11.6. The molecule has 1 aliphatic heterocycles. The summed E-state index contributed by atoms with van der Waals surface area (Å²) in [5, 5.41) is 5.29. The van der Waals surface area contributed by atoms with Gasteiger partial charge in [-0.2, -0.15) is 4.31 Å². The van der Waals surface area contributed by atoms with E-state index in [1.54, 1.807) is 43.4 Å². The topological polar surface area (TPSA) is 95.6 Å². The minimum atomic E-state index is -3.67. The predicted molar refractivity (Wildman–Crippen MR) is 102 cm³/mol. The summed E-state index contributed by atoms with van der Waals surface area (Å²) >= 11 is 0. The van der Waals surface area contributed by atoms with Gasteiger partial charge < -0.3 is 10.6 Å². The number of nitrogens with zero attached hydrogens (tertiary/aromatic N) is 1. The lowest BCUT2D eigenvalue weighted by molar-refractivity contribution is -0.116. The van der Waals surface area contributed by atoms with Gasteiger partial charge in [0.2, 0.25) is 15.9 Å². The van der Waals surface area contributed by atoms with Gasteiger partial charge in [0.05, 0.1) is 4.90 Å². The number of rotatable bonds is 5. The number of benzene rings is 2. The standard InChI is InChI=1S/C19H21N3O4S/c1-20-19(24)14-5-3-13(4-6-14)12-22(2)27(25,26)16-8-9-17-15(11-16)7-10-18(23)21-17/h3-6,8-9,11H,7,10,12H2,1-2H3,(H,20,24)(H,21,23). The first-order valence-electron chi connectivity index (χ1n) is 8.51. The second-order valence-corrected chi connectivity index (χ2v) is 8.45. The Bertz CT molecular complexity index is 985. The lowest BCUT2D eigenvalue weighted by atomic mass is 10.0. The first kappa shape index (κ1) is 19.1. The van der Waals surface area contributed by atoms with Crippen LogP contribution in [0.25, 0.3) is 0 Å². The molecular formula is C19H21N3O4S. The summed E-state index contributed by atoms with van der Waals surface area (Å²) in [5.74, 6) is -0.251. The van der Waals surface area contributed by atoms with E-state index in [1.807, 2.05) is 0 Å². The van der Waals surface area contributed by atoms with Crippen LogP contribution < -0.4 is 10.6 Å². The van der Waals surface area contributed by atoms with Crippen LogP contribution in [0.15, 0.2) is 47.4 Å². The number of hydrogen-bond donors (Lipinski definition) is 2. The Hall–Kier alpha value is -2.71. The predicted octanol–water partition coefficient (Wildman–Crippen LogP) is 1.75. The molecule has 0 aliphatic carbocycles. The van der Waals surface area contributed by atoms with Crippen molar-refractivity contribution in [2.45, 2.75) is 24.3 Å². The maximum absolute atomic E-state index is 12.9. The van der Waals surface area contributed by atoms with Gasteiger partial charge in [-0.25, -0.2) is 8.42 Å². The molecule has 2 aromatic rings. The molecule has 0 bridgehead atoms. The molecule has 1 aliphatic rings. The van der Waals surface area contributed by atoms with Crippen LogP contribution in [0.4, 0.5) is 5.69 Å². The zero-order valence-corrected chi connectivity index (χ0v) is 16.0. The Morgan fingerprint density at radius 1 is 1.15 bits per heavy atom. The van der Waals surface area contributed by atoms with E-state index in [-0.39, 0.29) is 23.3 Å². The third kappa shape index (κ3) is 4.01. The van der Waals surface area contributed by atoms with Crippen LogP contribution in [0, 0.1) is 0 Å². The molecule has 0 spiro atoms. The maximum atomic E-state index is 12.9. The van der Waals surface area contributed by atoms with E-state index in [2.05, 4.69) is 10.6 Å². The summed E-state index contributed by atoms with van der Waals surface area (Å²) < 4.78 is 27.0. The largest absolute Gasteiger partial charge is 0.355 e. The van der Waals surface area contributed by atoms with Gasteiger partial charge in [0, 0.05) is 38.3 Å². The molecule has 0 aromatic heterocycles. The van der Waals surface area contributed by atoms with Crippen molar-refractivity contribution >= 4 is 27.5 Å². The first-order valence-corrected chi connectivity index (χ1v) is 9.95. The van der Waals surface area contributed by atoms with Crippen molar-refractivity contribution in [3.05, 3.63) is 59.2 Å². The van der Waals surface area contributed by atoms with Crippen molar-refractivity contribution in [3.63, 3.8) is 0 Å². The average molecular weight is 387 g/mol. The van der Waals surface area contributed by atoms with Crippen LogP contribution in [0.3, 0.4) is 0 Å². The lowest BCUT2D eigenvalue weighted by Gasteiger charge is -2.21. The van der Waals surface area contributed by atoms with Gasteiger partial charge >= 0.3 is 0 Å². The van der Waals surface area contributed by atoms with E-state index in [4.69, 9.17) is 0 Å². The van der Waals surface area contributed by atoms with Gasteiger partial charge in [0.25, 0.3) is 5.91 Å². The van der Waals surface area contributed by atoms with Gasteiger partial charge in [0.15, 0.2) is 0 Å². The van der Waals surface area contributed by atoms with Crippen LogP contribution in [-0.2, 0) is 27.8 Å². The van der Waals surface area contributed by atoms with Gasteiger partial charge in [-0.1, -0.05) is 12.1 Å². The molecule has 8 heteroatoms. The molecule has 1 heterocycles. The van der Waals surface area contributed by atoms with Crippen LogP contribution in [0.5, 0.6) is 0 Å². The third-order valence-electron chi connectivity index (χ3n) is 4.53. The summed E-state index contributed by atoms with van der Waals surface area (Å²) in [6.07, 6.45) is 0.874. The minimum absolute atomic E-state index is 0.0598. The second kappa shape index (κ2) is 7.50. The molecule has 2 N–H and O–H groups in total. The fraction of sp³-hybridized carbons (Fsp3) is 0.263. The number of amides is 2.